The summed E-state index contributed by atoms with van der Waals surface area (Å²) in [6.45, 7) is 17.1. The van der Waals surface area contributed by atoms with Crippen LogP contribution in [0.4, 0.5) is 0 Å². The summed E-state index contributed by atoms with van der Waals surface area (Å²) in [5, 5.41) is 0.400. The zero-order valence-corrected chi connectivity index (χ0v) is 17.0. The molecular formula is C16H28O4Si2. The molecule has 0 radical (unpaired) electrons. The number of esters is 2. The molecule has 1 unspecified atom stereocenters. The first-order valence-electron chi connectivity index (χ1n) is 7.74. The molecule has 6 heteroatoms. The van der Waals surface area contributed by atoms with E-state index in [1.54, 1.807) is 6.92 Å². The Hall–Kier alpha value is -1.11. The van der Waals surface area contributed by atoms with Gasteiger partial charge in [0.25, 0.3) is 0 Å². The summed E-state index contributed by atoms with van der Waals surface area (Å²) in [7, 11) is -3.80. The second-order valence-electron chi connectivity index (χ2n) is 7.77. The van der Waals surface area contributed by atoms with Gasteiger partial charge in [0, 0.05) is 0 Å². The number of rotatable bonds is 5. The minimum Gasteiger partial charge on any atom is -0.462 e. The monoisotopic (exact) mass is 340 g/mol. The molecule has 1 fully saturated rings. The van der Waals surface area contributed by atoms with Crippen molar-refractivity contribution in [3.8, 4) is 0 Å². The van der Waals surface area contributed by atoms with E-state index in [9.17, 15) is 9.59 Å². The molecule has 0 aromatic heterocycles. The Bertz CT molecular complexity index is 533. The van der Waals surface area contributed by atoms with Crippen LogP contribution in [-0.4, -0.2) is 40.8 Å². The number of carbonyl (C=O) groups excluding carboxylic acids is 2. The lowest BCUT2D eigenvalue weighted by Gasteiger charge is -2.55. The van der Waals surface area contributed by atoms with E-state index in [0.29, 0.717) is 6.61 Å². The van der Waals surface area contributed by atoms with Crippen molar-refractivity contribution >= 4 is 28.1 Å². The van der Waals surface area contributed by atoms with Gasteiger partial charge in [0.05, 0.1) is 28.8 Å². The fraction of sp³-hybridized carbons (Fsp3) is 0.688. The lowest BCUT2D eigenvalue weighted by atomic mass is 9.96. The number of hydrogen-bond donors (Lipinski definition) is 0. The molecule has 0 saturated carbocycles. The van der Waals surface area contributed by atoms with Crippen LogP contribution in [0.15, 0.2) is 17.0 Å². The maximum absolute atomic E-state index is 12.5. The smallest absolute Gasteiger partial charge is 0.338 e. The Morgan fingerprint density at radius 3 is 2.18 bits per heavy atom. The zero-order chi connectivity index (χ0) is 17.3. The molecule has 0 N–H and O–H groups in total. The maximum Gasteiger partial charge on any atom is 0.338 e. The predicted molar refractivity (Wildman–Crippen MR) is 93.2 cm³/mol. The van der Waals surface area contributed by atoms with E-state index in [2.05, 4.69) is 45.0 Å². The summed E-state index contributed by atoms with van der Waals surface area (Å²) < 4.78 is 10.3. The van der Waals surface area contributed by atoms with Gasteiger partial charge in [-0.05, 0) is 19.0 Å². The number of hydrogen-bond acceptors (Lipinski definition) is 4. The van der Waals surface area contributed by atoms with Crippen molar-refractivity contribution < 1.29 is 19.1 Å². The fourth-order valence-corrected chi connectivity index (χ4v) is 10.3. The summed E-state index contributed by atoms with van der Waals surface area (Å²) in [5.74, 6) is -0.564. The molecule has 0 aromatic rings. The van der Waals surface area contributed by atoms with Gasteiger partial charge in [-0.2, -0.15) is 0 Å². The minimum atomic E-state index is -1.93. The molecule has 0 spiro atoms. The summed E-state index contributed by atoms with van der Waals surface area (Å²) in [5.41, 5.74) is 3.17. The second kappa shape index (κ2) is 6.18. The minimum absolute atomic E-state index is 0.152. The van der Waals surface area contributed by atoms with Crippen LogP contribution in [0.25, 0.3) is 0 Å². The van der Waals surface area contributed by atoms with E-state index in [1.807, 2.05) is 6.92 Å². The Morgan fingerprint density at radius 2 is 1.86 bits per heavy atom. The van der Waals surface area contributed by atoms with Crippen LogP contribution in [0.2, 0.25) is 44.3 Å². The third kappa shape index (κ3) is 3.14. The van der Waals surface area contributed by atoms with Crippen LogP contribution in [0.5, 0.6) is 0 Å². The average molecular weight is 341 g/mol. The van der Waals surface area contributed by atoms with E-state index >= 15 is 0 Å². The van der Waals surface area contributed by atoms with Crippen LogP contribution in [0, 0.1) is 0 Å². The normalized spacial score (nSPS) is 24.7. The van der Waals surface area contributed by atoms with Crippen LogP contribution >= 0.6 is 0 Å². The van der Waals surface area contributed by atoms with Crippen LogP contribution < -0.4 is 0 Å². The summed E-state index contributed by atoms with van der Waals surface area (Å²) in [4.78, 5) is 24.2. The van der Waals surface area contributed by atoms with Gasteiger partial charge in [-0.3, -0.25) is 4.79 Å². The molecule has 0 bridgehead atoms. The molecule has 4 nitrogen and oxygen atoms in total. The molecule has 1 saturated heterocycles. The van der Waals surface area contributed by atoms with Gasteiger partial charge in [-0.15, -0.1) is 5.73 Å². The molecule has 1 heterocycles. The molecule has 2 atom stereocenters. The predicted octanol–water partition coefficient (Wildman–Crippen LogP) is 3.53. The van der Waals surface area contributed by atoms with Crippen LogP contribution in [-0.2, 0) is 19.1 Å². The fourth-order valence-electron chi connectivity index (χ4n) is 3.28. The maximum atomic E-state index is 12.5. The highest BCUT2D eigenvalue weighted by molar-refractivity contribution is 6.91. The van der Waals surface area contributed by atoms with Crippen molar-refractivity contribution in [2.75, 3.05) is 6.61 Å². The third-order valence-corrected chi connectivity index (χ3v) is 9.68. The number of ether oxygens (including phenoxy) is 2. The molecule has 0 aromatic carbocycles. The summed E-state index contributed by atoms with van der Waals surface area (Å²) in [6.07, 6.45) is 1.19. The Labute approximate surface area is 135 Å². The van der Waals surface area contributed by atoms with Crippen LogP contribution in [0.3, 0.4) is 0 Å². The first-order valence-corrected chi connectivity index (χ1v) is 14.7. The lowest BCUT2D eigenvalue weighted by molar-refractivity contribution is -0.175. The van der Waals surface area contributed by atoms with E-state index in [1.165, 1.54) is 6.08 Å². The molecule has 1 aliphatic heterocycles. The first kappa shape index (κ1) is 18.9. The molecular weight excluding hydrogens is 312 g/mol. The van der Waals surface area contributed by atoms with Crippen LogP contribution in [0.1, 0.15) is 13.8 Å². The topological polar surface area (TPSA) is 52.6 Å². The van der Waals surface area contributed by atoms with Gasteiger partial charge >= 0.3 is 11.9 Å². The number of cyclic esters (lactones) is 1. The standard InChI is InChI=1S/C16H28O4Si2/c1-9-19-14(17)11-10-13(21(3,4)5)16(22(6,7)8)12(2)20-15(16)18/h11-12H,9H2,1-8H3/t10?,12?,16-/m1/s1. The van der Waals surface area contributed by atoms with Gasteiger partial charge in [0.15, 0.2) is 0 Å². The zero-order valence-electron chi connectivity index (χ0n) is 15.0. The van der Waals surface area contributed by atoms with E-state index in [4.69, 9.17) is 9.47 Å². The van der Waals surface area contributed by atoms with Gasteiger partial charge < -0.3 is 9.47 Å². The quantitative estimate of drug-likeness (QED) is 0.332. The average Bonchev–Trinajstić information content (AvgIpc) is 2.31. The van der Waals surface area contributed by atoms with Crippen molar-refractivity contribution in [3.05, 3.63) is 17.0 Å². The Balaban J connectivity index is 3.54. The van der Waals surface area contributed by atoms with Crippen molar-refractivity contribution in [1.82, 2.24) is 0 Å². The van der Waals surface area contributed by atoms with Gasteiger partial charge in [0.2, 0.25) is 0 Å². The Morgan fingerprint density at radius 1 is 1.32 bits per heavy atom. The number of carbonyl (C=O) groups is 2. The van der Waals surface area contributed by atoms with Crippen molar-refractivity contribution in [2.24, 2.45) is 0 Å². The van der Waals surface area contributed by atoms with Gasteiger partial charge in [-0.1, -0.05) is 39.3 Å². The summed E-state index contributed by atoms with van der Waals surface area (Å²) >= 11 is 0. The largest absolute Gasteiger partial charge is 0.462 e. The van der Waals surface area contributed by atoms with Crippen molar-refractivity contribution in [3.63, 3.8) is 0 Å². The van der Waals surface area contributed by atoms with Crippen molar-refractivity contribution in [2.45, 2.75) is 64.3 Å². The Kier molecular flexibility index (Phi) is 5.32. The third-order valence-electron chi connectivity index (χ3n) is 4.16. The molecule has 1 aliphatic rings. The first-order chi connectivity index (χ1) is 9.89. The molecule has 124 valence electrons. The molecule has 1 rings (SSSR count). The molecule has 0 aliphatic carbocycles. The highest BCUT2D eigenvalue weighted by Gasteiger charge is 2.67. The van der Waals surface area contributed by atoms with Crippen molar-refractivity contribution in [1.29, 1.82) is 0 Å². The lowest BCUT2D eigenvalue weighted by Crippen LogP contribution is -2.65. The molecule has 0 amide bonds. The van der Waals surface area contributed by atoms with Gasteiger partial charge in [-0.25, -0.2) is 4.79 Å². The highest BCUT2D eigenvalue weighted by Crippen LogP contribution is 2.58. The summed E-state index contributed by atoms with van der Waals surface area (Å²) in [6, 6.07) is 0. The SMILES string of the molecule is CCOC(=O)C=C=C([C@@]1([Si](C)(C)C)C(=O)OC1C)[Si](C)(C)C. The van der Waals surface area contributed by atoms with E-state index in [-0.39, 0.29) is 12.1 Å². The van der Waals surface area contributed by atoms with E-state index in [0.717, 1.165) is 5.20 Å². The molecule has 22 heavy (non-hydrogen) atoms. The van der Waals surface area contributed by atoms with Gasteiger partial charge in [0.1, 0.15) is 11.1 Å². The second-order valence-corrected chi connectivity index (χ2v) is 18.1. The highest BCUT2D eigenvalue weighted by atomic mass is 28.3. The van der Waals surface area contributed by atoms with E-state index < -0.39 is 27.2 Å².